The quantitative estimate of drug-likeness (QED) is 0.207. The Morgan fingerprint density at radius 3 is 2.30 bits per heavy atom. The van der Waals surface area contributed by atoms with Crippen molar-refractivity contribution < 1.29 is 13.2 Å². The van der Waals surface area contributed by atoms with Gasteiger partial charge in [-0.15, -0.1) is 0 Å². The van der Waals surface area contributed by atoms with Gasteiger partial charge in [0, 0.05) is 30.9 Å². The van der Waals surface area contributed by atoms with Crippen molar-refractivity contribution in [2.75, 3.05) is 23.7 Å². The maximum absolute atomic E-state index is 15.2. The zero-order valence-corrected chi connectivity index (χ0v) is 25.4. The molecule has 3 aliphatic rings. The molecule has 2 aliphatic heterocycles. The smallest absolute Gasteiger partial charge is 0.251 e. The molecule has 5 N–H and O–H groups in total. The maximum atomic E-state index is 15.2. The number of fused-ring (bicyclic) bond motifs is 2. The van der Waals surface area contributed by atoms with Gasteiger partial charge in [-0.3, -0.25) is 10.2 Å². The van der Waals surface area contributed by atoms with E-state index in [0.29, 0.717) is 24.3 Å². The number of carbonyl (C=O) groups excluding carboxylic acids is 1. The van der Waals surface area contributed by atoms with Gasteiger partial charge in [0.25, 0.3) is 5.91 Å². The lowest BCUT2D eigenvalue weighted by molar-refractivity contribution is -0.141. The first kappa shape index (κ1) is 29.4. The first-order valence-corrected chi connectivity index (χ1v) is 17.0. The first-order chi connectivity index (χ1) is 20.7. The molecule has 6 rings (SSSR count). The van der Waals surface area contributed by atoms with Crippen molar-refractivity contribution in [3.63, 3.8) is 0 Å². The Bertz CT molecular complexity index is 1620. The highest BCUT2D eigenvalue weighted by molar-refractivity contribution is 7.91. The summed E-state index contributed by atoms with van der Waals surface area (Å²) in [4.78, 5) is 19.5. The number of nitrogens with zero attached hydrogens (tertiary/aromatic N) is 2. The Morgan fingerprint density at radius 1 is 0.930 bits per heavy atom. The molecule has 0 bridgehead atoms. The molecular formula is C34H41N5O3S. The van der Waals surface area contributed by atoms with Crippen LogP contribution in [0.25, 0.3) is 0 Å². The van der Waals surface area contributed by atoms with E-state index in [-0.39, 0.29) is 34.9 Å². The van der Waals surface area contributed by atoms with Crippen LogP contribution in [0.15, 0.2) is 77.7 Å². The molecule has 0 radical (unpaired) electrons. The minimum absolute atomic E-state index is 0.0286. The van der Waals surface area contributed by atoms with Crippen LogP contribution >= 0.6 is 0 Å². The molecule has 3 aromatic rings. The van der Waals surface area contributed by atoms with E-state index in [1.165, 1.54) is 5.56 Å². The number of rotatable bonds is 7. The average molecular weight is 600 g/mol. The molecule has 0 spiro atoms. The molecule has 1 saturated carbocycles. The fraction of sp³-hybridized carbons (Fsp3) is 0.412. The zero-order chi connectivity index (χ0) is 30.2. The van der Waals surface area contributed by atoms with E-state index in [1.54, 1.807) is 36.4 Å². The number of hydrogen-bond donors (Lipinski definition) is 3. The Hall–Kier alpha value is -3.69. The fourth-order valence-corrected chi connectivity index (χ4v) is 8.84. The summed E-state index contributed by atoms with van der Waals surface area (Å²) in [6.07, 6.45) is 6.68. The maximum Gasteiger partial charge on any atom is 0.251 e. The van der Waals surface area contributed by atoms with Crippen LogP contribution in [0.2, 0.25) is 0 Å². The van der Waals surface area contributed by atoms with Gasteiger partial charge >= 0.3 is 0 Å². The van der Waals surface area contributed by atoms with Gasteiger partial charge in [-0.2, -0.15) is 0 Å². The van der Waals surface area contributed by atoms with Crippen molar-refractivity contribution in [1.82, 2.24) is 4.90 Å². The van der Waals surface area contributed by atoms with E-state index in [9.17, 15) is 8.42 Å². The number of amides is 1. The zero-order valence-electron chi connectivity index (χ0n) is 24.5. The summed E-state index contributed by atoms with van der Waals surface area (Å²) in [5.41, 5.74) is 16.5. The molecule has 3 aromatic carbocycles. The molecule has 2 atom stereocenters. The van der Waals surface area contributed by atoms with E-state index in [4.69, 9.17) is 16.9 Å². The van der Waals surface area contributed by atoms with Gasteiger partial charge in [-0.1, -0.05) is 80.3 Å². The van der Waals surface area contributed by atoms with Gasteiger partial charge in [0.05, 0.1) is 16.7 Å². The van der Waals surface area contributed by atoms with Gasteiger partial charge in [-0.05, 0) is 60.1 Å². The number of anilines is 1. The number of nitrogens with two attached hydrogens (primary N) is 2. The summed E-state index contributed by atoms with van der Waals surface area (Å²) in [6.45, 7) is 1.19. The monoisotopic (exact) mass is 599 g/mol. The standard InChI is InChI=1S/C34H41N5O3S/c35-31-29-17-16-25(32(36)37)22-30(29)39(20-21-43(41,42)28-14-6-3-7-15-28)34(31,27-12-4-1-2-5-13-27)33(40)38-19-18-24-10-8-9-11-26(24)23-38/h3,6-11,14-17,22,27,31H,1-2,4-5,12-13,18-21,23,35H2,(H3,36,37). The van der Waals surface area contributed by atoms with Crippen LogP contribution in [0.3, 0.4) is 0 Å². The average Bonchev–Trinajstić information content (AvgIpc) is 3.17. The molecule has 226 valence electrons. The highest BCUT2D eigenvalue weighted by atomic mass is 32.2. The van der Waals surface area contributed by atoms with Gasteiger partial charge in [0.1, 0.15) is 11.4 Å². The van der Waals surface area contributed by atoms with Crippen LogP contribution in [-0.4, -0.2) is 49.4 Å². The number of carbonyl (C=O) groups is 1. The summed E-state index contributed by atoms with van der Waals surface area (Å²) in [7, 11) is -3.65. The second kappa shape index (κ2) is 11.8. The molecule has 0 aromatic heterocycles. The topological polar surface area (TPSA) is 134 Å². The molecule has 9 heteroatoms. The van der Waals surface area contributed by atoms with Crippen molar-refractivity contribution in [2.45, 2.75) is 68.0 Å². The second-order valence-corrected chi connectivity index (χ2v) is 14.3. The van der Waals surface area contributed by atoms with Gasteiger partial charge < -0.3 is 21.3 Å². The van der Waals surface area contributed by atoms with Crippen LogP contribution in [0.4, 0.5) is 5.69 Å². The van der Waals surface area contributed by atoms with E-state index in [2.05, 4.69) is 12.1 Å². The lowest BCUT2D eigenvalue weighted by atomic mass is 9.72. The largest absolute Gasteiger partial charge is 0.384 e. The summed E-state index contributed by atoms with van der Waals surface area (Å²) in [5.74, 6) is -0.335. The minimum atomic E-state index is -3.65. The van der Waals surface area contributed by atoms with E-state index in [0.717, 1.165) is 56.1 Å². The highest BCUT2D eigenvalue weighted by Gasteiger charge is 2.60. The lowest BCUT2D eigenvalue weighted by Crippen LogP contribution is -2.67. The molecule has 0 saturated heterocycles. The second-order valence-electron chi connectivity index (χ2n) is 12.2. The molecule has 1 aliphatic carbocycles. The van der Waals surface area contributed by atoms with E-state index in [1.807, 2.05) is 34.1 Å². The number of nitrogen functional groups attached to an aromatic ring is 1. The predicted molar refractivity (Wildman–Crippen MR) is 170 cm³/mol. The Balaban J connectivity index is 1.48. The SMILES string of the molecule is N=C(N)c1ccc2c(c1)N(CCS(=O)(=O)c1ccccc1)C(C(=O)N1CCc3ccccc3C1)(C1CCCCCC1)C2N. The van der Waals surface area contributed by atoms with Crippen molar-refractivity contribution in [2.24, 2.45) is 17.4 Å². The molecule has 43 heavy (non-hydrogen) atoms. The highest BCUT2D eigenvalue weighted by Crippen LogP contribution is 2.53. The van der Waals surface area contributed by atoms with Crippen LogP contribution in [0, 0.1) is 11.3 Å². The normalized spacial score (nSPS) is 22.5. The van der Waals surface area contributed by atoms with Gasteiger partial charge in [-0.25, -0.2) is 8.42 Å². The molecular weight excluding hydrogens is 558 g/mol. The Morgan fingerprint density at radius 2 is 1.60 bits per heavy atom. The van der Waals surface area contributed by atoms with Crippen LogP contribution in [0.5, 0.6) is 0 Å². The van der Waals surface area contributed by atoms with Crippen LogP contribution in [0.1, 0.15) is 66.8 Å². The number of sulfone groups is 1. The predicted octanol–water partition coefficient (Wildman–Crippen LogP) is 4.56. The lowest BCUT2D eigenvalue weighted by Gasteiger charge is -2.49. The molecule has 8 nitrogen and oxygen atoms in total. The minimum Gasteiger partial charge on any atom is -0.384 e. The number of amidine groups is 1. The van der Waals surface area contributed by atoms with E-state index < -0.39 is 21.4 Å². The summed E-state index contributed by atoms with van der Waals surface area (Å²) in [5, 5.41) is 8.12. The number of benzene rings is 3. The van der Waals surface area contributed by atoms with Crippen molar-refractivity contribution in [3.8, 4) is 0 Å². The summed E-state index contributed by atoms with van der Waals surface area (Å²) >= 11 is 0. The third-order valence-electron chi connectivity index (χ3n) is 9.81. The molecule has 1 amide bonds. The summed E-state index contributed by atoms with van der Waals surface area (Å²) < 4.78 is 27.2. The first-order valence-electron chi connectivity index (χ1n) is 15.4. The van der Waals surface area contributed by atoms with Crippen LogP contribution in [-0.2, 0) is 27.6 Å². The van der Waals surface area contributed by atoms with E-state index >= 15 is 4.79 Å². The Labute approximate surface area is 254 Å². The third-order valence-corrected chi connectivity index (χ3v) is 11.5. The van der Waals surface area contributed by atoms with Crippen molar-refractivity contribution in [1.29, 1.82) is 5.41 Å². The summed E-state index contributed by atoms with van der Waals surface area (Å²) in [6, 6.07) is 21.6. The molecule has 1 fully saturated rings. The Kier molecular flexibility index (Phi) is 8.04. The molecule has 2 heterocycles. The van der Waals surface area contributed by atoms with Crippen molar-refractivity contribution >= 4 is 27.3 Å². The third kappa shape index (κ3) is 5.23. The van der Waals surface area contributed by atoms with Crippen LogP contribution < -0.4 is 16.4 Å². The fourth-order valence-electron chi connectivity index (χ4n) is 7.61. The molecule has 2 unspecified atom stereocenters. The van der Waals surface area contributed by atoms with Gasteiger partial charge in [0.2, 0.25) is 0 Å². The van der Waals surface area contributed by atoms with Gasteiger partial charge in [0.15, 0.2) is 9.84 Å². The number of nitrogens with one attached hydrogen (secondary N) is 1. The van der Waals surface area contributed by atoms with Crippen molar-refractivity contribution in [3.05, 3.63) is 95.1 Å². The number of hydrogen-bond acceptors (Lipinski definition) is 6.